The molecule has 0 bridgehead atoms. The fourth-order valence-corrected chi connectivity index (χ4v) is 1.87. The number of hydrogen-bond donors (Lipinski definition) is 0. The van der Waals surface area contributed by atoms with E-state index in [0.717, 1.165) is 0 Å². The molecule has 0 spiro atoms. The van der Waals surface area contributed by atoms with Crippen LogP contribution < -0.4 is 0 Å². The highest BCUT2D eigenvalue weighted by Crippen LogP contribution is 2.26. The van der Waals surface area contributed by atoms with E-state index in [1.54, 1.807) is 0 Å². The van der Waals surface area contributed by atoms with E-state index < -0.39 is 0 Å². The minimum atomic E-state index is -0.142. The predicted molar refractivity (Wildman–Crippen MR) is 48.0 cm³/mol. The van der Waals surface area contributed by atoms with Gasteiger partial charge in [-0.25, -0.2) is 0 Å². The van der Waals surface area contributed by atoms with Crippen LogP contribution in [0.2, 0.25) is 0 Å². The summed E-state index contributed by atoms with van der Waals surface area (Å²) in [6.45, 7) is 0. The highest BCUT2D eigenvalue weighted by molar-refractivity contribution is 6.17. The number of ether oxygens (including phenoxy) is 1. The van der Waals surface area contributed by atoms with Gasteiger partial charge in [0.25, 0.3) is 0 Å². The third kappa shape index (κ3) is 3.44. The van der Waals surface area contributed by atoms with E-state index >= 15 is 0 Å². The van der Waals surface area contributed by atoms with Crippen molar-refractivity contribution in [2.24, 2.45) is 5.92 Å². The molecule has 1 fully saturated rings. The first-order valence-electron chi connectivity index (χ1n) is 4.54. The number of alkyl halides is 1. The summed E-state index contributed by atoms with van der Waals surface area (Å²) < 4.78 is 4.67. The molecule has 1 saturated carbocycles. The summed E-state index contributed by atoms with van der Waals surface area (Å²) >= 11 is 5.27. The van der Waals surface area contributed by atoms with Gasteiger partial charge in [0.1, 0.15) is 0 Å². The first kappa shape index (κ1) is 9.85. The fourth-order valence-electron chi connectivity index (χ4n) is 1.75. The molecule has 0 heterocycles. The summed E-state index contributed by atoms with van der Waals surface area (Å²) in [7, 11) is 0. The summed E-state index contributed by atoms with van der Waals surface area (Å²) in [4.78, 5) is 11.0. The normalized spacial score (nSPS) is 19.1. The lowest BCUT2D eigenvalue weighted by Crippen LogP contribution is -2.13. The summed E-state index contributed by atoms with van der Waals surface area (Å²) in [6.07, 6.45) is 6.76. The smallest absolute Gasteiger partial charge is 0.307 e. The Hall–Kier alpha value is -0.240. The van der Waals surface area contributed by atoms with Gasteiger partial charge in [-0.15, -0.1) is 0 Å². The van der Waals surface area contributed by atoms with Crippen LogP contribution in [0.3, 0.4) is 0 Å². The van der Waals surface area contributed by atoms with Crippen molar-refractivity contribution in [3.63, 3.8) is 0 Å². The van der Waals surface area contributed by atoms with Crippen LogP contribution >= 0.6 is 11.6 Å². The van der Waals surface area contributed by atoms with Crippen molar-refractivity contribution in [2.75, 3.05) is 6.07 Å². The van der Waals surface area contributed by atoms with Crippen molar-refractivity contribution in [1.29, 1.82) is 0 Å². The molecule has 0 atom stereocenters. The van der Waals surface area contributed by atoms with Gasteiger partial charge in [0.2, 0.25) is 0 Å². The average Bonchev–Trinajstić information content (AvgIpc) is 2.06. The lowest BCUT2D eigenvalue weighted by Gasteiger charge is -2.19. The summed E-state index contributed by atoms with van der Waals surface area (Å²) in [6, 6.07) is -0.00838. The summed E-state index contributed by atoms with van der Waals surface area (Å²) in [5, 5.41) is 0. The van der Waals surface area contributed by atoms with E-state index in [1.807, 2.05) is 0 Å². The van der Waals surface area contributed by atoms with Crippen molar-refractivity contribution in [2.45, 2.75) is 38.5 Å². The number of rotatable bonds is 3. The van der Waals surface area contributed by atoms with Crippen molar-refractivity contribution < 1.29 is 9.53 Å². The molecule has 0 aromatic carbocycles. The number of esters is 1. The standard InChI is InChI=1S/C9H15ClO2/c10-7-12-9(11)6-8-4-2-1-3-5-8/h8H,1-7H2. The van der Waals surface area contributed by atoms with Gasteiger partial charge in [-0.2, -0.15) is 0 Å². The second kappa shape index (κ2) is 5.41. The zero-order valence-corrected chi connectivity index (χ0v) is 7.98. The maximum Gasteiger partial charge on any atom is 0.307 e. The summed E-state index contributed by atoms with van der Waals surface area (Å²) in [5.41, 5.74) is 0. The quantitative estimate of drug-likeness (QED) is 0.505. The second-order valence-corrected chi connectivity index (χ2v) is 3.55. The van der Waals surface area contributed by atoms with Crippen molar-refractivity contribution in [1.82, 2.24) is 0 Å². The van der Waals surface area contributed by atoms with E-state index in [9.17, 15) is 4.79 Å². The molecule has 70 valence electrons. The van der Waals surface area contributed by atoms with Gasteiger partial charge in [-0.05, 0) is 18.8 Å². The monoisotopic (exact) mass is 190 g/mol. The van der Waals surface area contributed by atoms with E-state index in [2.05, 4.69) is 4.74 Å². The molecule has 0 aromatic heterocycles. The van der Waals surface area contributed by atoms with Crippen molar-refractivity contribution in [3.05, 3.63) is 0 Å². The third-order valence-corrected chi connectivity index (χ3v) is 2.50. The number of hydrogen-bond acceptors (Lipinski definition) is 2. The number of carbonyl (C=O) groups is 1. The molecule has 0 radical (unpaired) electrons. The van der Waals surface area contributed by atoms with Gasteiger partial charge >= 0.3 is 5.97 Å². The van der Waals surface area contributed by atoms with E-state index in [1.165, 1.54) is 32.1 Å². The number of halogens is 1. The van der Waals surface area contributed by atoms with Crippen LogP contribution in [0.15, 0.2) is 0 Å². The lowest BCUT2D eigenvalue weighted by molar-refractivity contribution is -0.142. The van der Waals surface area contributed by atoms with Gasteiger partial charge in [0.15, 0.2) is 6.07 Å². The second-order valence-electron chi connectivity index (χ2n) is 3.33. The van der Waals surface area contributed by atoms with Crippen LogP contribution in [-0.2, 0) is 9.53 Å². The zero-order chi connectivity index (χ0) is 8.81. The van der Waals surface area contributed by atoms with E-state index in [0.29, 0.717) is 12.3 Å². The molecule has 0 unspecified atom stereocenters. The van der Waals surface area contributed by atoms with Gasteiger partial charge in [0, 0.05) is 6.42 Å². The molecule has 2 nitrogen and oxygen atoms in total. The van der Waals surface area contributed by atoms with E-state index in [4.69, 9.17) is 11.6 Å². The average molecular weight is 191 g/mol. The van der Waals surface area contributed by atoms with Crippen LogP contribution in [0.1, 0.15) is 38.5 Å². The lowest BCUT2D eigenvalue weighted by atomic mass is 9.87. The molecule has 1 aliphatic rings. The largest absolute Gasteiger partial charge is 0.449 e. The molecule has 12 heavy (non-hydrogen) atoms. The topological polar surface area (TPSA) is 26.3 Å². The maximum absolute atomic E-state index is 11.0. The van der Waals surface area contributed by atoms with Gasteiger partial charge < -0.3 is 4.74 Å². The molecule has 0 amide bonds. The molecule has 0 N–H and O–H groups in total. The minimum Gasteiger partial charge on any atom is -0.449 e. The third-order valence-electron chi connectivity index (χ3n) is 2.40. The van der Waals surface area contributed by atoms with Crippen LogP contribution in [0.25, 0.3) is 0 Å². The van der Waals surface area contributed by atoms with Crippen molar-refractivity contribution >= 4 is 17.6 Å². The molecule has 1 aliphatic carbocycles. The Morgan fingerprint density at radius 2 is 2.00 bits per heavy atom. The van der Waals surface area contributed by atoms with Crippen molar-refractivity contribution in [3.8, 4) is 0 Å². The van der Waals surface area contributed by atoms with Gasteiger partial charge in [-0.1, -0.05) is 30.9 Å². The van der Waals surface area contributed by atoms with Crippen LogP contribution in [-0.4, -0.2) is 12.0 Å². The van der Waals surface area contributed by atoms with Gasteiger partial charge in [0.05, 0.1) is 0 Å². The molecule has 3 heteroatoms. The van der Waals surface area contributed by atoms with Crippen LogP contribution in [0.4, 0.5) is 0 Å². The molecular formula is C9H15ClO2. The molecule has 0 aromatic rings. The number of carbonyl (C=O) groups excluding carboxylic acids is 1. The Labute approximate surface area is 78.2 Å². The molecule has 1 rings (SSSR count). The summed E-state index contributed by atoms with van der Waals surface area (Å²) in [5.74, 6) is 0.409. The Morgan fingerprint density at radius 3 is 2.58 bits per heavy atom. The molecule has 0 aliphatic heterocycles. The first-order valence-corrected chi connectivity index (χ1v) is 5.08. The Balaban J connectivity index is 2.15. The minimum absolute atomic E-state index is 0.00838. The van der Waals surface area contributed by atoms with Gasteiger partial charge in [-0.3, -0.25) is 4.79 Å². The predicted octanol–water partition coefficient (Wildman–Crippen LogP) is 2.70. The Bertz CT molecular complexity index is 141. The maximum atomic E-state index is 11.0. The van der Waals surface area contributed by atoms with E-state index in [-0.39, 0.29) is 12.0 Å². The fraction of sp³-hybridized carbons (Fsp3) is 0.889. The Morgan fingerprint density at radius 1 is 1.33 bits per heavy atom. The Kier molecular flexibility index (Phi) is 4.44. The molecular weight excluding hydrogens is 176 g/mol. The van der Waals surface area contributed by atoms with Crippen LogP contribution in [0, 0.1) is 5.92 Å². The highest BCUT2D eigenvalue weighted by Gasteiger charge is 2.17. The van der Waals surface area contributed by atoms with Crippen LogP contribution in [0.5, 0.6) is 0 Å². The molecule has 0 saturated heterocycles. The zero-order valence-electron chi connectivity index (χ0n) is 7.22. The SMILES string of the molecule is O=C(CC1CCCCC1)OCCl. The highest BCUT2D eigenvalue weighted by atomic mass is 35.5. The first-order chi connectivity index (χ1) is 5.83.